The quantitative estimate of drug-likeness (QED) is 0.755. The van der Waals surface area contributed by atoms with Crippen LogP contribution in [0.2, 0.25) is 0 Å². The van der Waals surface area contributed by atoms with Crippen LogP contribution in [0.5, 0.6) is 0 Å². The van der Waals surface area contributed by atoms with Crippen LogP contribution in [0.25, 0.3) is 0 Å². The molecule has 1 atom stereocenters. The van der Waals surface area contributed by atoms with Gasteiger partial charge >= 0.3 is 12.1 Å². The zero-order chi connectivity index (χ0) is 12.1. The average molecular weight is 227 g/mol. The highest BCUT2D eigenvalue weighted by Crippen LogP contribution is 2.19. The van der Waals surface area contributed by atoms with Gasteiger partial charge in [0.1, 0.15) is 6.04 Å². The summed E-state index contributed by atoms with van der Waals surface area (Å²) < 4.78 is 36.4. The summed E-state index contributed by atoms with van der Waals surface area (Å²) in [6, 6.07) is -1.04. The Morgan fingerprint density at radius 2 is 1.93 bits per heavy atom. The Kier molecular flexibility index (Phi) is 5.64. The number of likely N-dealkylation sites (N-methyl/N-ethyl adjacent to an activating group) is 1. The fraction of sp³-hybridized carbons (Fsp3) is 0.889. The maximum atomic E-state index is 12.1. The van der Waals surface area contributed by atoms with Gasteiger partial charge < -0.3 is 5.11 Å². The highest BCUT2D eigenvalue weighted by atomic mass is 19.4. The molecule has 0 bridgehead atoms. The fourth-order valence-electron chi connectivity index (χ4n) is 1.41. The van der Waals surface area contributed by atoms with E-state index in [2.05, 4.69) is 0 Å². The Balaban J connectivity index is 4.52. The van der Waals surface area contributed by atoms with Gasteiger partial charge in [-0.3, -0.25) is 9.69 Å². The number of hydrogen-bond donors (Lipinski definition) is 1. The molecule has 0 saturated heterocycles. The molecule has 1 N–H and O–H groups in total. The Hall–Kier alpha value is -0.780. The van der Waals surface area contributed by atoms with Gasteiger partial charge in [-0.15, -0.1) is 0 Å². The monoisotopic (exact) mass is 227 g/mol. The molecule has 0 radical (unpaired) electrons. The number of aliphatic carboxylic acids is 1. The van der Waals surface area contributed by atoms with Crippen LogP contribution in [0.15, 0.2) is 0 Å². The first-order valence-electron chi connectivity index (χ1n) is 4.85. The van der Waals surface area contributed by atoms with E-state index < -0.39 is 24.7 Å². The predicted molar refractivity (Wildman–Crippen MR) is 49.6 cm³/mol. The van der Waals surface area contributed by atoms with E-state index >= 15 is 0 Å². The Labute approximate surface area is 86.9 Å². The molecule has 0 amide bonds. The average Bonchev–Trinajstić information content (AvgIpc) is 2.08. The van der Waals surface area contributed by atoms with Crippen LogP contribution in [-0.4, -0.2) is 41.3 Å². The van der Waals surface area contributed by atoms with E-state index in [1.807, 2.05) is 0 Å². The summed E-state index contributed by atoms with van der Waals surface area (Å²) in [6.45, 7) is 2.19. The molecule has 0 saturated carbocycles. The number of carboxylic acid groups (broad SMARTS) is 1. The smallest absolute Gasteiger partial charge is 0.401 e. The molecule has 0 fully saturated rings. The summed E-state index contributed by atoms with van der Waals surface area (Å²) in [5.74, 6) is -1.19. The standard InChI is InChI=1S/C9H16F3NO2/c1-3-5-7(8(14)15)13(4-2)6-9(10,11)12/h7H,3-6H2,1-2H3,(H,14,15). The molecular weight excluding hydrogens is 211 g/mol. The van der Waals surface area contributed by atoms with Crippen molar-refractivity contribution in [2.24, 2.45) is 0 Å². The minimum absolute atomic E-state index is 0.0798. The van der Waals surface area contributed by atoms with Crippen molar-refractivity contribution in [2.45, 2.75) is 38.9 Å². The molecule has 6 heteroatoms. The van der Waals surface area contributed by atoms with Crippen molar-refractivity contribution < 1.29 is 23.1 Å². The van der Waals surface area contributed by atoms with Crippen LogP contribution in [0.3, 0.4) is 0 Å². The van der Waals surface area contributed by atoms with Gasteiger partial charge in [-0.1, -0.05) is 20.3 Å². The molecule has 0 aromatic rings. The molecule has 1 unspecified atom stereocenters. The molecule has 0 spiro atoms. The van der Waals surface area contributed by atoms with Crippen LogP contribution >= 0.6 is 0 Å². The first-order valence-corrected chi connectivity index (χ1v) is 4.85. The third-order valence-corrected chi connectivity index (χ3v) is 2.08. The first-order chi connectivity index (χ1) is 6.81. The molecule has 0 aliphatic heterocycles. The normalized spacial score (nSPS) is 14.3. The molecule has 15 heavy (non-hydrogen) atoms. The zero-order valence-electron chi connectivity index (χ0n) is 8.84. The van der Waals surface area contributed by atoms with Crippen molar-refractivity contribution in [3.63, 3.8) is 0 Å². The van der Waals surface area contributed by atoms with Crippen molar-refractivity contribution in [3.05, 3.63) is 0 Å². The van der Waals surface area contributed by atoms with E-state index in [0.29, 0.717) is 6.42 Å². The van der Waals surface area contributed by atoms with Crippen LogP contribution in [0.1, 0.15) is 26.7 Å². The molecule has 3 nitrogen and oxygen atoms in total. The molecule has 0 aromatic heterocycles. The highest BCUT2D eigenvalue weighted by Gasteiger charge is 2.35. The number of hydrogen-bond acceptors (Lipinski definition) is 2. The van der Waals surface area contributed by atoms with Gasteiger partial charge in [-0.25, -0.2) is 0 Å². The molecule has 90 valence electrons. The third kappa shape index (κ3) is 5.61. The maximum Gasteiger partial charge on any atom is 0.401 e. The van der Waals surface area contributed by atoms with Crippen molar-refractivity contribution in [3.8, 4) is 0 Å². The lowest BCUT2D eigenvalue weighted by molar-refractivity contribution is -0.161. The molecular formula is C9H16F3NO2. The number of carbonyl (C=O) groups is 1. The van der Waals surface area contributed by atoms with Gasteiger partial charge in [0.05, 0.1) is 6.54 Å². The molecule has 0 aromatic carbocycles. The SMILES string of the molecule is CCCC(C(=O)O)N(CC)CC(F)(F)F. The van der Waals surface area contributed by atoms with Crippen LogP contribution in [0, 0.1) is 0 Å². The lowest BCUT2D eigenvalue weighted by Crippen LogP contribution is -2.45. The van der Waals surface area contributed by atoms with Crippen molar-refractivity contribution in [1.29, 1.82) is 0 Å². The lowest BCUT2D eigenvalue weighted by atomic mass is 10.1. The fourth-order valence-corrected chi connectivity index (χ4v) is 1.41. The zero-order valence-corrected chi connectivity index (χ0v) is 8.84. The van der Waals surface area contributed by atoms with E-state index in [0.717, 1.165) is 4.90 Å². The molecule has 0 aliphatic rings. The molecule has 0 heterocycles. The summed E-state index contributed by atoms with van der Waals surface area (Å²) >= 11 is 0. The number of carboxylic acids is 1. The summed E-state index contributed by atoms with van der Waals surface area (Å²) in [7, 11) is 0. The van der Waals surface area contributed by atoms with Crippen LogP contribution in [0.4, 0.5) is 13.2 Å². The van der Waals surface area contributed by atoms with Gasteiger partial charge in [-0.2, -0.15) is 13.2 Å². The summed E-state index contributed by atoms with van der Waals surface area (Å²) in [4.78, 5) is 11.7. The van der Waals surface area contributed by atoms with Crippen molar-refractivity contribution >= 4 is 5.97 Å². The Morgan fingerprint density at radius 3 is 2.20 bits per heavy atom. The van der Waals surface area contributed by atoms with Crippen molar-refractivity contribution in [1.82, 2.24) is 4.90 Å². The van der Waals surface area contributed by atoms with E-state index in [-0.39, 0.29) is 13.0 Å². The molecule has 0 rings (SSSR count). The van der Waals surface area contributed by atoms with Gasteiger partial charge in [0, 0.05) is 0 Å². The first kappa shape index (κ1) is 14.2. The van der Waals surface area contributed by atoms with E-state index in [1.54, 1.807) is 6.92 Å². The second kappa shape index (κ2) is 5.95. The second-order valence-corrected chi connectivity index (χ2v) is 3.32. The number of halogens is 3. The van der Waals surface area contributed by atoms with Gasteiger partial charge in [0.2, 0.25) is 0 Å². The van der Waals surface area contributed by atoms with Gasteiger partial charge in [-0.05, 0) is 13.0 Å². The summed E-state index contributed by atoms with van der Waals surface area (Å²) in [5, 5.41) is 8.79. The Morgan fingerprint density at radius 1 is 1.40 bits per heavy atom. The third-order valence-electron chi connectivity index (χ3n) is 2.08. The predicted octanol–water partition coefficient (Wildman–Crippen LogP) is 2.12. The van der Waals surface area contributed by atoms with Crippen LogP contribution < -0.4 is 0 Å². The van der Waals surface area contributed by atoms with E-state index in [1.165, 1.54) is 6.92 Å². The number of rotatable bonds is 6. The van der Waals surface area contributed by atoms with E-state index in [4.69, 9.17) is 5.11 Å². The number of nitrogens with zero attached hydrogens (tertiary/aromatic N) is 1. The minimum atomic E-state index is -4.35. The minimum Gasteiger partial charge on any atom is -0.480 e. The molecule has 0 aliphatic carbocycles. The van der Waals surface area contributed by atoms with Gasteiger partial charge in [0.25, 0.3) is 0 Å². The summed E-state index contributed by atoms with van der Waals surface area (Å²) in [5.41, 5.74) is 0. The van der Waals surface area contributed by atoms with Crippen LogP contribution in [-0.2, 0) is 4.79 Å². The number of alkyl halides is 3. The van der Waals surface area contributed by atoms with E-state index in [9.17, 15) is 18.0 Å². The Bertz CT molecular complexity index is 206. The lowest BCUT2D eigenvalue weighted by Gasteiger charge is -2.28. The maximum absolute atomic E-state index is 12.1. The largest absolute Gasteiger partial charge is 0.480 e. The highest BCUT2D eigenvalue weighted by molar-refractivity contribution is 5.73. The summed E-state index contributed by atoms with van der Waals surface area (Å²) in [6.07, 6.45) is -3.57. The second-order valence-electron chi connectivity index (χ2n) is 3.32. The van der Waals surface area contributed by atoms with Crippen molar-refractivity contribution in [2.75, 3.05) is 13.1 Å². The topological polar surface area (TPSA) is 40.5 Å². The van der Waals surface area contributed by atoms with Gasteiger partial charge in [0.15, 0.2) is 0 Å².